The number of anilines is 1. The summed E-state index contributed by atoms with van der Waals surface area (Å²) in [5.74, 6) is 0.662. The number of hydrogen-bond acceptors (Lipinski definition) is 7. The third kappa shape index (κ3) is 5.83. The first-order valence-corrected chi connectivity index (χ1v) is 11.4. The second-order valence-corrected chi connectivity index (χ2v) is 8.38. The number of hydrogen-bond donors (Lipinski definition) is 2. The normalized spacial score (nSPS) is 11.2. The van der Waals surface area contributed by atoms with E-state index in [1.165, 1.54) is 35.7 Å². The monoisotopic (exact) mass is 434 g/mol. The lowest BCUT2D eigenvalue weighted by Crippen LogP contribution is -2.29. The molecule has 0 saturated carbocycles. The second-order valence-electron chi connectivity index (χ2n) is 6.56. The van der Waals surface area contributed by atoms with Gasteiger partial charge in [0, 0.05) is 17.5 Å². The van der Waals surface area contributed by atoms with E-state index in [1.807, 2.05) is 6.26 Å². The molecule has 0 unspecified atom stereocenters. The van der Waals surface area contributed by atoms with Gasteiger partial charge < -0.3 is 10.6 Å². The van der Waals surface area contributed by atoms with Crippen molar-refractivity contribution >= 4 is 46.3 Å². The molecule has 3 rings (SSSR count). The zero-order chi connectivity index (χ0) is 20.8. The lowest BCUT2D eigenvalue weighted by atomic mass is 10.3. The minimum Gasteiger partial charge on any atom is -0.367 e. The summed E-state index contributed by atoms with van der Waals surface area (Å²) < 4.78 is 14.7. The van der Waals surface area contributed by atoms with Crippen LogP contribution in [0.1, 0.15) is 13.8 Å². The minimum atomic E-state index is -0.287. The smallest absolute Gasteiger partial charge is 0.230 e. The molecule has 0 aliphatic carbocycles. The highest BCUT2D eigenvalue weighted by Crippen LogP contribution is 2.24. The van der Waals surface area contributed by atoms with Crippen molar-refractivity contribution in [1.82, 2.24) is 25.1 Å². The maximum Gasteiger partial charge on any atom is 0.230 e. The molecule has 10 heteroatoms. The van der Waals surface area contributed by atoms with Gasteiger partial charge in [-0.25, -0.2) is 19.0 Å². The first-order valence-electron chi connectivity index (χ1n) is 9.15. The molecule has 0 radical (unpaired) electrons. The molecule has 7 nitrogen and oxygen atoms in total. The van der Waals surface area contributed by atoms with Gasteiger partial charge in [0.15, 0.2) is 10.8 Å². The van der Waals surface area contributed by atoms with E-state index in [-0.39, 0.29) is 23.5 Å². The zero-order valence-electron chi connectivity index (χ0n) is 16.5. The highest BCUT2D eigenvalue weighted by Gasteiger charge is 2.13. The topological polar surface area (TPSA) is 84.7 Å². The van der Waals surface area contributed by atoms with Crippen LogP contribution in [-0.4, -0.2) is 50.3 Å². The molecule has 2 aromatic heterocycles. The number of halogens is 1. The number of rotatable bonds is 9. The Labute approximate surface area is 177 Å². The molecule has 0 aliphatic rings. The molecular weight excluding hydrogens is 411 g/mol. The largest absolute Gasteiger partial charge is 0.367 e. The van der Waals surface area contributed by atoms with E-state index in [0.29, 0.717) is 18.2 Å². The molecule has 1 aromatic carbocycles. The van der Waals surface area contributed by atoms with Crippen LogP contribution >= 0.6 is 23.5 Å². The van der Waals surface area contributed by atoms with Crippen molar-refractivity contribution in [2.24, 2.45) is 0 Å². The Morgan fingerprint density at radius 2 is 2.00 bits per heavy atom. The fraction of sp³-hybridized carbons (Fsp3) is 0.368. The van der Waals surface area contributed by atoms with Crippen LogP contribution in [0, 0.1) is 5.82 Å². The zero-order valence-corrected chi connectivity index (χ0v) is 18.1. The van der Waals surface area contributed by atoms with Gasteiger partial charge in [0.1, 0.15) is 11.6 Å². The molecule has 1 amide bonds. The molecule has 0 bridgehead atoms. The maximum absolute atomic E-state index is 12.9. The molecule has 3 aromatic rings. The average Bonchev–Trinajstić information content (AvgIpc) is 3.10. The van der Waals surface area contributed by atoms with Crippen LogP contribution in [-0.2, 0) is 11.3 Å². The number of carbonyl (C=O) groups is 1. The molecule has 2 heterocycles. The van der Waals surface area contributed by atoms with E-state index in [0.717, 1.165) is 21.7 Å². The molecule has 0 saturated heterocycles. The Hall–Kier alpha value is -2.33. The Balaban J connectivity index is 1.58. The summed E-state index contributed by atoms with van der Waals surface area (Å²) >= 11 is 2.84. The summed E-state index contributed by atoms with van der Waals surface area (Å²) in [6.45, 7) is 5.04. The van der Waals surface area contributed by atoms with Gasteiger partial charge in [0.2, 0.25) is 5.91 Å². The first-order chi connectivity index (χ1) is 14.0. The molecule has 0 fully saturated rings. The first kappa shape index (κ1) is 21.4. The highest BCUT2D eigenvalue weighted by atomic mass is 32.2. The molecule has 29 heavy (non-hydrogen) atoms. The summed E-state index contributed by atoms with van der Waals surface area (Å²) in [7, 11) is 0. The summed E-state index contributed by atoms with van der Waals surface area (Å²) in [4.78, 5) is 22.0. The van der Waals surface area contributed by atoms with Gasteiger partial charge in [-0.15, -0.1) is 11.8 Å². The number of nitrogens with one attached hydrogen (secondary N) is 2. The number of fused-ring (bicyclic) bond motifs is 1. The molecule has 0 aliphatic heterocycles. The fourth-order valence-electron chi connectivity index (χ4n) is 2.61. The summed E-state index contributed by atoms with van der Waals surface area (Å²) in [5, 5.41) is 12.2. The molecule has 154 valence electrons. The highest BCUT2D eigenvalue weighted by molar-refractivity contribution is 8.00. The van der Waals surface area contributed by atoms with Gasteiger partial charge in [0.25, 0.3) is 0 Å². The van der Waals surface area contributed by atoms with E-state index in [1.54, 1.807) is 23.0 Å². The lowest BCUT2D eigenvalue weighted by Gasteiger charge is -2.11. The van der Waals surface area contributed by atoms with Crippen LogP contribution < -0.4 is 10.6 Å². The van der Waals surface area contributed by atoms with Gasteiger partial charge in [-0.2, -0.15) is 5.10 Å². The number of nitrogens with zero attached hydrogens (tertiary/aromatic N) is 4. The Morgan fingerprint density at radius 1 is 1.24 bits per heavy atom. The van der Waals surface area contributed by atoms with Gasteiger partial charge in [0.05, 0.1) is 23.9 Å². The SMILES string of the molecule is CSc1nc(NC(C)C)c2cnn(CCNC(=O)CSc3ccc(F)cc3)c2n1. The quantitative estimate of drug-likeness (QED) is 0.394. The van der Waals surface area contributed by atoms with Crippen molar-refractivity contribution in [2.75, 3.05) is 23.9 Å². The van der Waals surface area contributed by atoms with Crippen LogP contribution in [0.2, 0.25) is 0 Å². The van der Waals surface area contributed by atoms with E-state index in [2.05, 4.69) is 39.5 Å². The molecule has 0 atom stereocenters. The lowest BCUT2D eigenvalue weighted by molar-refractivity contribution is -0.118. The Morgan fingerprint density at radius 3 is 2.69 bits per heavy atom. The van der Waals surface area contributed by atoms with Crippen molar-refractivity contribution in [3.63, 3.8) is 0 Å². The van der Waals surface area contributed by atoms with Gasteiger partial charge >= 0.3 is 0 Å². The third-order valence-electron chi connectivity index (χ3n) is 3.91. The van der Waals surface area contributed by atoms with Crippen LogP contribution in [0.5, 0.6) is 0 Å². The molecule has 0 spiro atoms. The number of thioether (sulfide) groups is 2. The van der Waals surface area contributed by atoms with Gasteiger partial charge in [-0.1, -0.05) is 11.8 Å². The van der Waals surface area contributed by atoms with Crippen molar-refractivity contribution in [3.05, 3.63) is 36.3 Å². The third-order valence-corrected chi connectivity index (χ3v) is 5.47. The standard InChI is InChI=1S/C19H23FN6OS2/c1-12(2)23-17-15-10-22-26(18(15)25-19(24-17)28-3)9-8-21-16(27)11-29-14-6-4-13(20)5-7-14/h4-7,10,12H,8-9,11H2,1-3H3,(H,21,27)(H,23,24,25). The molecule has 2 N–H and O–H groups in total. The van der Waals surface area contributed by atoms with E-state index < -0.39 is 0 Å². The van der Waals surface area contributed by atoms with Crippen LogP contribution in [0.4, 0.5) is 10.2 Å². The van der Waals surface area contributed by atoms with Crippen molar-refractivity contribution in [2.45, 2.75) is 36.5 Å². The predicted octanol–water partition coefficient (Wildman–Crippen LogP) is 3.42. The maximum atomic E-state index is 12.9. The Bertz CT molecular complexity index is 977. The van der Waals surface area contributed by atoms with Gasteiger partial charge in [-0.05, 0) is 44.4 Å². The summed E-state index contributed by atoms with van der Waals surface area (Å²) in [5.41, 5.74) is 0.738. The van der Waals surface area contributed by atoms with Crippen molar-refractivity contribution in [3.8, 4) is 0 Å². The number of amides is 1. The molecular formula is C19H23FN6OS2. The van der Waals surface area contributed by atoms with Crippen molar-refractivity contribution < 1.29 is 9.18 Å². The summed E-state index contributed by atoms with van der Waals surface area (Å²) in [6, 6.07) is 6.33. The number of aromatic nitrogens is 4. The summed E-state index contributed by atoms with van der Waals surface area (Å²) in [6.07, 6.45) is 3.68. The van der Waals surface area contributed by atoms with Gasteiger partial charge in [-0.3, -0.25) is 4.79 Å². The Kier molecular flexibility index (Phi) is 7.32. The second kappa shape index (κ2) is 9.93. The van der Waals surface area contributed by atoms with Crippen LogP contribution in [0.3, 0.4) is 0 Å². The van der Waals surface area contributed by atoms with Crippen molar-refractivity contribution in [1.29, 1.82) is 0 Å². The minimum absolute atomic E-state index is 0.0858. The fourth-order valence-corrected chi connectivity index (χ4v) is 3.69. The number of carbonyl (C=O) groups excluding carboxylic acids is 1. The predicted molar refractivity (Wildman–Crippen MR) is 116 cm³/mol. The van der Waals surface area contributed by atoms with E-state index in [4.69, 9.17) is 0 Å². The number of benzene rings is 1. The van der Waals surface area contributed by atoms with E-state index in [9.17, 15) is 9.18 Å². The van der Waals surface area contributed by atoms with Crippen LogP contribution in [0.25, 0.3) is 11.0 Å². The average molecular weight is 435 g/mol. The van der Waals surface area contributed by atoms with E-state index >= 15 is 0 Å². The van der Waals surface area contributed by atoms with Crippen LogP contribution in [0.15, 0.2) is 40.5 Å².